The van der Waals surface area contributed by atoms with Crippen molar-refractivity contribution >= 4 is 17.2 Å². The van der Waals surface area contributed by atoms with Gasteiger partial charge in [-0.15, -0.1) is 0 Å². The first-order valence-electron chi connectivity index (χ1n) is 10.1. The summed E-state index contributed by atoms with van der Waals surface area (Å²) >= 11 is 5.91. The van der Waals surface area contributed by atoms with Crippen LogP contribution in [0, 0.1) is 11.6 Å². The third-order valence-electron chi connectivity index (χ3n) is 5.45. The second-order valence-electron chi connectivity index (χ2n) is 7.62. The van der Waals surface area contributed by atoms with Crippen LogP contribution >= 0.6 is 11.6 Å². The summed E-state index contributed by atoms with van der Waals surface area (Å²) < 4.78 is 29.5. The van der Waals surface area contributed by atoms with Crippen molar-refractivity contribution < 1.29 is 13.9 Å². The van der Waals surface area contributed by atoms with E-state index < -0.39 is 28.8 Å². The third kappa shape index (κ3) is 5.16. The predicted molar refractivity (Wildman–Crippen MR) is 121 cm³/mol. The third-order valence-corrected chi connectivity index (χ3v) is 5.70. The van der Waals surface area contributed by atoms with Gasteiger partial charge in [-0.25, -0.2) is 13.6 Å². The van der Waals surface area contributed by atoms with Crippen LogP contribution in [0.3, 0.4) is 0 Å². The van der Waals surface area contributed by atoms with Crippen LogP contribution in [-0.4, -0.2) is 14.2 Å². The largest absolute Gasteiger partial charge is 0.494 e. The molecule has 8 heteroatoms. The summed E-state index contributed by atoms with van der Waals surface area (Å²) in [6.45, 7) is 5.84. The lowest BCUT2D eigenvalue weighted by Crippen LogP contribution is -2.39. The zero-order valence-corrected chi connectivity index (χ0v) is 18.3. The van der Waals surface area contributed by atoms with Crippen LogP contribution in [0.4, 0.5) is 8.78 Å². The first-order chi connectivity index (χ1) is 15.2. The first-order valence-corrected chi connectivity index (χ1v) is 10.5. The molecule has 1 heterocycles. The molecule has 0 spiro atoms. The van der Waals surface area contributed by atoms with Gasteiger partial charge in [0.2, 0.25) is 5.88 Å². The van der Waals surface area contributed by atoms with Crippen molar-refractivity contribution in [3.8, 4) is 5.88 Å². The normalized spacial score (nSPS) is 12.0. The minimum absolute atomic E-state index is 0.00561. The van der Waals surface area contributed by atoms with E-state index in [1.807, 2.05) is 19.1 Å². The summed E-state index contributed by atoms with van der Waals surface area (Å²) in [6.07, 6.45) is 0.593. The van der Waals surface area contributed by atoms with Crippen molar-refractivity contribution in [3.05, 3.63) is 104 Å². The van der Waals surface area contributed by atoms with E-state index >= 15 is 0 Å². The maximum Gasteiger partial charge on any atom is 0.333 e. The molecule has 3 aromatic rings. The van der Waals surface area contributed by atoms with Crippen LogP contribution in [0.2, 0.25) is 5.02 Å². The maximum absolute atomic E-state index is 14.0. The van der Waals surface area contributed by atoms with E-state index in [0.717, 1.165) is 26.8 Å². The number of nitrogens with zero attached hydrogens (tertiary/aromatic N) is 2. The molecular weight excluding hydrogens is 438 g/mol. The molecule has 1 unspecified atom stereocenters. The molecule has 0 saturated carbocycles. The van der Waals surface area contributed by atoms with Crippen LogP contribution < -0.4 is 11.2 Å². The highest BCUT2D eigenvalue weighted by Crippen LogP contribution is 2.23. The van der Waals surface area contributed by atoms with Crippen LogP contribution in [0.25, 0.3) is 5.57 Å². The molecule has 3 rings (SSSR count). The molecule has 32 heavy (non-hydrogen) atoms. The quantitative estimate of drug-likeness (QED) is 0.517. The zero-order valence-electron chi connectivity index (χ0n) is 17.5. The number of allylic oxidation sites excluding steroid dienone is 1. The number of aromatic hydroxyl groups is 1. The van der Waals surface area contributed by atoms with Gasteiger partial charge >= 0.3 is 5.69 Å². The Labute approximate surface area is 188 Å². The molecule has 5 nitrogen and oxygen atoms in total. The standard InChI is InChI=1S/C24H23ClF2N2O3/c1-15(17-6-8-18(25)9-7-17)10-12-28-21(30)14-22(31)29(24(28)32)13-11-16(2)19-4-3-5-20(26)23(19)27/h3-9,14-15,30H,2,10-13H2,1H3. The summed E-state index contributed by atoms with van der Waals surface area (Å²) in [4.78, 5) is 25.1. The van der Waals surface area contributed by atoms with Gasteiger partial charge in [-0.05, 0) is 48.1 Å². The van der Waals surface area contributed by atoms with Gasteiger partial charge in [0.25, 0.3) is 5.56 Å². The molecule has 0 amide bonds. The van der Waals surface area contributed by atoms with Crippen molar-refractivity contribution in [1.82, 2.24) is 9.13 Å². The topological polar surface area (TPSA) is 64.2 Å². The second-order valence-corrected chi connectivity index (χ2v) is 8.06. The predicted octanol–water partition coefficient (Wildman–Crippen LogP) is 4.94. The summed E-state index contributed by atoms with van der Waals surface area (Å²) in [5.41, 5.74) is -0.0743. The number of hydrogen-bond acceptors (Lipinski definition) is 3. The lowest BCUT2D eigenvalue weighted by atomic mass is 9.98. The number of benzene rings is 2. The number of rotatable bonds is 8. The van der Waals surface area contributed by atoms with Gasteiger partial charge in [-0.1, -0.05) is 49.4 Å². The Bertz CT molecular complexity index is 1250. The molecule has 1 aromatic heterocycles. The van der Waals surface area contributed by atoms with E-state index in [9.17, 15) is 23.5 Å². The van der Waals surface area contributed by atoms with Gasteiger partial charge in [0.05, 0.1) is 6.07 Å². The monoisotopic (exact) mass is 460 g/mol. The minimum atomic E-state index is -1.02. The van der Waals surface area contributed by atoms with E-state index in [1.165, 1.54) is 12.1 Å². The fraction of sp³-hybridized carbons (Fsp3) is 0.250. The Morgan fingerprint density at radius 3 is 2.47 bits per heavy atom. The second kappa shape index (κ2) is 9.96. The molecule has 0 fully saturated rings. The van der Waals surface area contributed by atoms with E-state index in [0.29, 0.717) is 11.4 Å². The van der Waals surface area contributed by atoms with Gasteiger partial charge in [0, 0.05) is 23.7 Å². The van der Waals surface area contributed by atoms with Gasteiger partial charge in [0.15, 0.2) is 11.6 Å². The van der Waals surface area contributed by atoms with E-state index in [1.54, 1.807) is 12.1 Å². The summed E-state index contributed by atoms with van der Waals surface area (Å²) in [5, 5.41) is 10.8. The van der Waals surface area contributed by atoms with Crippen LogP contribution in [0.15, 0.2) is 64.7 Å². The summed E-state index contributed by atoms with van der Waals surface area (Å²) in [7, 11) is 0. The molecule has 1 atom stereocenters. The Kier molecular flexibility index (Phi) is 7.30. The molecule has 168 valence electrons. The van der Waals surface area contributed by atoms with E-state index in [4.69, 9.17) is 11.6 Å². The summed E-state index contributed by atoms with van der Waals surface area (Å²) in [6, 6.07) is 12.1. The minimum Gasteiger partial charge on any atom is -0.494 e. The lowest BCUT2D eigenvalue weighted by Gasteiger charge is -2.16. The molecule has 2 aromatic carbocycles. The molecule has 0 bridgehead atoms. The Hall–Kier alpha value is -3.19. The fourth-order valence-corrected chi connectivity index (χ4v) is 3.59. The average Bonchev–Trinajstić information content (AvgIpc) is 2.75. The molecule has 0 aliphatic carbocycles. The van der Waals surface area contributed by atoms with Crippen molar-refractivity contribution in [1.29, 1.82) is 0 Å². The molecule has 0 aliphatic rings. The Morgan fingerprint density at radius 1 is 1.09 bits per heavy atom. The van der Waals surface area contributed by atoms with Crippen molar-refractivity contribution in [3.63, 3.8) is 0 Å². The average molecular weight is 461 g/mol. The molecule has 1 N–H and O–H groups in total. The van der Waals surface area contributed by atoms with Crippen LogP contribution in [0.1, 0.15) is 36.8 Å². The van der Waals surface area contributed by atoms with Crippen LogP contribution in [-0.2, 0) is 13.1 Å². The lowest BCUT2D eigenvalue weighted by molar-refractivity contribution is 0.380. The highest BCUT2D eigenvalue weighted by molar-refractivity contribution is 6.30. The van der Waals surface area contributed by atoms with Gasteiger partial charge in [-0.3, -0.25) is 13.9 Å². The van der Waals surface area contributed by atoms with Crippen molar-refractivity contribution in [2.24, 2.45) is 0 Å². The number of hydrogen-bond donors (Lipinski definition) is 1. The first kappa shape index (κ1) is 23.5. The zero-order chi connectivity index (χ0) is 23.4. The Balaban J connectivity index is 1.76. The highest BCUT2D eigenvalue weighted by atomic mass is 35.5. The maximum atomic E-state index is 14.0. The van der Waals surface area contributed by atoms with E-state index in [-0.39, 0.29) is 36.6 Å². The molecule has 0 saturated heterocycles. The summed E-state index contributed by atoms with van der Waals surface area (Å²) in [5.74, 6) is -2.36. The molecule has 0 radical (unpaired) electrons. The van der Waals surface area contributed by atoms with Gasteiger partial charge in [0.1, 0.15) is 0 Å². The fourth-order valence-electron chi connectivity index (χ4n) is 3.46. The Morgan fingerprint density at radius 2 is 1.78 bits per heavy atom. The van der Waals surface area contributed by atoms with Gasteiger partial charge < -0.3 is 5.11 Å². The van der Waals surface area contributed by atoms with Gasteiger partial charge in [-0.2, -0.15) is 0 Å². The number of aromatic nitrogens is 2. The SMILES string of the molecule is C=C(CCn1c(=O)cc(O)n(CCC(C)c2ccc(Cl)cc2)c1=O)c1cccc(F)c1F. The van der Waals surface area contributed by atoms with Crippen molar-refractivity contribution in [2.75, 3.05) is 0 Å². The molecular formula is C24H23ClF2N2O3. The highest BCUT2D eigenvalue weighted by Gasteiger charge is 2.15. The smallest absolute Gasteiger partial charge is 0.333 e. The number of halogens is 3. The van der Waals surface area contributed by atoms with E-state index in [2.05, 4.69) is 6.58 Å². The molecule has 0 aliphatic heterocycles. The van der Waals surface area contributed by atoms with Crippen LogP contribution in [0.5, 0.6) is 5.88 Å². The van der Waals surface area contributed by atoms with Crippen molar-refractivity contribution in [2.45, 2.75) is 38.8 Å².